The molecule has 0 aliphatic carbocycles. The molecule has 0 radical (unpaired) electrons. The molecule has 0 bridgehead atoms. The van der Waals surface area contributed by atoms with Gasteiger partial charge in [0.1, 0.15) is 0 Å². The van der Waals surface area contributed by atoms with E-state index in [4.69, 9.17) is 0 Å². The second-order valence-corrected chi connectivity index (χ2v) is 3.16. The summed E-state index contributed by atoms with van der Waals surface area (Å²) in [6.45, 7) is 0. The lowest BCUT2D eigenvalue weighted by Gasteiger charge is -1.93. The molecule has 84 valence electrons. The van der Waals surface area contributed by atoms with Crippen molar-refractivity contribution in [1.82, 2.24) is 9.97 Å². The van der Waals surface area contributed by atoms with E-state index in [0.717, 1.165) is 5.56 Å². The van der Waals surface area contributed by atoms with Crippen LogP contribution in [0.2, 0.25) is 0 Å². The molecule has 1 heterocycles. The largest absolute Gasteiger partial charge is 0.269 e. The van der Waals surface area contributed by atoms with Gasteiger partial charge in [-0.3, -0.25) is 10.1 Å². The fourth-order valence-electron chi connectivity index (χ4n) is 1.17. The van der Waals surface area contributed by atoms with Crippen molar-refractivity contribution >= 4 is 17.9 Å². The van der Waals surface area contributed by atoms with Crippen LogP contribution < -0.4 is 0 Å². The molecule has 0 atom stereocenters. The topological polar surface area (TPSA) is 81.3 Å². The molecule has 0 N–H and O–H groups in total. The zero-order chi connectivity index (χ0) is 12.1. The van der Waals surface area contributed by atoms with Crippen LogP contribution in [0, 0.1) is 10.1 Å². The normalized spacial score (nSPS) is 10.6. The lowest BCUT2D eigenvalue weighted by Crippen LogP contribution is -1.88. The van der Waals surface area contributed by atoms with Gasteiger partial charge in [-0.15, -0.1) is 0 Å². The fraction of sp³-hybridized carbons (Fsp3) is 0. The van der Waals surface area contributed by atoms with Crippen LogP contribution in [0.3, 0.4) is 0 Å². The van der Waals surface area contributed by atoms with Crippen LogP contribution in [0.25, 0.3) is 0 Å². The van der Waals surface area contributed by atoms with Crippen molar-refractivity contribution in [3.63, 3.8) is 0 Å². The number of nitrogens with zero attached hydrogens (tertiary/aromatic N) is 4. The molecule has 0 aliphatic rings. The molecular weight excluding hydrogens is 220 g/mol. The number of aromatic nitrogens is 2. The van der Waals surface area contributed by atoms with Crippen molar-refractivity contribution in [2.75, 3.05) is 0 Å². The molecule has 0 saturated heterocycles. The molecule has 1 aromatic carbocycles. The Morgan fingerprint density at radius 1 is 1.18 bits per heavy atom. The van der Waals surface area contributed by atoms with Crippen LogP contribution in [-0.2, 0) is 0 Å². The lowest BCUT2D eigenvalue weighted by molar-refractivity contribution is -0.384. The number of hydrogen-bond donors (Lipinski definition) is 0. The number of non-ortho nitro benzene ring substituents is 1. The molecule has 0 spiro atoms. The summed E-state index contributed by atoms with van der Waals surface area (Å²) < 4.78 is 0. The van der Waals surface area contributed by atoms with Gasteiger partial charge in [0.05, 0.1) is 4.92 Å². The number of aliphatic imine (C=N–C) groups is 1. The third-order valence-electron chi connectivity index (χ3n) is 1.99. The monoisotopic (exact) mass is 228 g/mol. The van der Waals surface area contributed by atoms with Crippen molar-refractivity contribution in [2.24, 2.45) is 4.99 Å². The molecule has 0 fully saturated rings. The Morgan fingerprint density at radius 3 is 2.41 bits per heavy atom. The maximum Gasteiger partial charge on any atom is 0.269 e. The van der Waals surface area contributed by atoms with Gasteiger partial charge in [0.25, 0.3) is 5.69 Å². The van der Waals surface area contributed by atoms with E-state index in [1.165, 1.54) is 12.1 Å². The van der Waals surface area contributed by atoms with Crippen LogP contribution in [-0.4, -0.2) is 21.1 Å². The van der Waals surface area contributed by atoms with Crippen molar-refractivity contribution in [2.45, 2.75) is 0 Å². The Hall–Kier alpha value is -2.63. The van der Waals surface area contributed by atoms with E-state index in [-0.39, 0.29) is 5.69 Å². The van der Waals surface area contributed by atoms with Crippen LogP contribution >= 0.6 is 0 Å². The summed E-state index contributed by atoms with van der Waals surface area (Å²) in [6.07, 6.45) is 4.74. The number of benzene rings is 1. The number of rotatable bonds is 3. The van der Waals surface area contributed by atoms with E-state index >= 15 is 0 Å². The quantitative estimate of drug-likeness (QED) is 0.457. The third kappa shape index (κ3) is 2.91. The van der Waals surface area contributed by atoms with E-state index in [0.29, 0.717) is 5.95 Å². The first-order chi connectivity index (χ1) is 8.25. The molecule has 6 nitrogen and oxygen atoms in total. The highest BCUT2D eigenvalue weighted by Crippen LogP contribution is 2.11. The Morgan fingerprint density at radius 2 is 1.82 bits per heavy atom. The molecule has 1 aromatic heterocycles. The number of hydrogen-bond acceptors (Lipinski definition) is 5. The summed E-state index contributed by atoms with van der Waals surface area (Å²) in [5, 5.41) is 10.4. The van der Waals surface area contributed by atoms with E-state index in [9.17, 15) is 10.1 Å². The number of nitro groups is 1. The molecule has 0 unspecified atom stereocenters. The van der Waals surface area contributed by atoms with Gasteiger partial charge in [-0.05, 0) is 23.8 Å². The van der Waals surface area contributed by atoms with Gasteiger partial charge in [-0.1, -0.05) is 0 Å². The van der Waals surface area contributed by atoms with Crippen molar-refractivity contribution in [1.29, 1.82) is 0 Å². The van der Waals surface area contributed by atoms with Crippen molar-refractivity contribution in [3.05, 3.63) is 58.4 Å². The first-order valence-corrected chi connectivity index (χ1v) is 4.81. The Labute approximate surface area is 96.8 Å². The summed E-state index contributed by atoms with van der Waals surface area (Å²) in [5.41, 5.74) is 0.807. The van der Waals surface area contributed by atoms with Gasteiger partial charge in [-0.2, -0.15) is 0 Å². The molecule has 6 heteroatoms. The van der Waals surface area contributed by atoms with Crippen LogP contribution in [0.5, 0.6) is 0 Å². The Kier molecular flexibility index (Phi) is 3.15. The highest BCUT2D eigenvalue weighted by Gasteiger charge is 2.02. The van der Waals surface area contributed by atoms with E-state index in [2.05, 4.69) is 15.0 Å². The third-order valence-corrected chi connectivity index (χ3v) is 1.99. The predicted octanol–water partition coefficient (Wildman–Crippen LogP) is 2.14. The second kappa shape index (κ2) is 4.93. The van der Waals surface area contributed by atoms with Crippen LogP contribution in [0.15, 0.2) is 47.7 Å². The Bertz CT molecular complexity index is 537. The fourth-order valence-corrected chi connectivity index (χ4v) is 1.17. The van der Waals surface area contributed by atoms with Gasteiger partial charge in [0, 0.05) is 30.7 Å². The van der Waals surface area contributed by atoms with Gasteiger partial charge in [0.2, 0.25) is 5.95 Å². The zero-order valence-corrected chi connectivity index (χ0v) is 8.72. The highest BCUT2D eigenvalue weighted by molar-refractivity contribution is 5.81. The highest BCUT2D eigenvalue weighted by atomic mass is 16.6. The first-order valence-electron chi connectivity index (χ1n) is 4.81. The summed E-state index contributed by atoms with van der Waals surface area (Å²) >= 11 is 0. The van der Waals surface area contributed by atoms with Gasteiger partial charge in [-0.25, -0.2) is 15.0 Å². The summed E-state index contributed by atoms with van der Waals surface area (Å²) in [7, 11) is 0. The zero-order valence-electron chi connectivity index (χ0n) is 8.72. The average molecular weight is 228 g/mol. The number of nitro benzene ring substituents is 1. The minimum Gasteiger partial charge on any atom is -0.258 e. The van der Waals surface area contributed by atoms with Crippen molar-refractivity contribution < 1.29 is 4.92 Å². The summed E-state index contributed by atoms with van der Waals surface area (Å²) in [4.78, 5) is 21.9. The standard InChI is InChI=1S/C11H8N4O2/c16-15(17)10-4-2-9(3-5-10)8-14-11-12-6-1-7-13-11/h1-8H/b14-8+. The average Bonchev–Trinajstić information content (AvgIpc) is 2.38. The van der Waals surface area contributed by atoms with Gasteiger partial charge >= 0.3 is 0 Å². The maximum atomic E-state index is 10.4. The van der Waals surface area contributed by atoms with Crippen LogP contribution in [0.1, 0.15) is 5.56 Å². The summed E-state index contributed by atoms with van der Waals surface area (Å²) in [6, 6.07) is 7.78. The molecule has 0 amide bonds. The molecule has 17 heavy (non-hydrogen) atoms. The minimum atomic E-state index is -0.443. The van der Waals surface area contributed by atoms with Gasteiger partial charge < -0.3 is 0 Å². The smallest absolute Gasteiger partial charge is 0.258 e. The van der Waals surface area contributed by atoms with E-state index in [1.807, 2.05) is 0 Å². The van der Waals surface area contributed by atoms with E-state index in [1.54, 1.807) is 36.8 Å². The maximum absolute atomic E-state index is 10.4. The molecular formula is C11H8N4O2. The molecule has 2 rings (SSSR count). The van der Waals surface area contributed by atoms with Crippen LogP contribution in [0.4, 0.5) is 11.6 Å². The van der Waals surface area contributed by atoms with Gasteiger partial charge in [0.15, 0.2) is 0 Å². The SMILES string of the molecule is O=[N+]([O-])c1ccc(/C=N/c2ncccn2)cc1. The predicted molar refractivity (Wildman–Crippen MR) is 62.4 cm³/mol. The lowest BCUT2D eigenvalue weighted by atomic mass is 10.2. The molecule has 0 saturated carbocycles. The molecule has 0 aliphatic heterocycles. The van der Waals surface area contributed by atoms with E-state index < -0.39 is 4.92 Å². The van der Waals surface area contributed by atoms with Crippen molar-refractivity contribution in [3.8, 4) is 0 Å². The summed E-state index contributed by atoms with van der Waals surface area (Å²) in [5.74, 6) is 0.353. The molecule has 2 aromatic rings. The first kappa shape index (κ1) is 10.9. The minimum absolute atomic E-state index is 0.0538. The Balaban J connectivity index is 2.14. The second-order valence-electron chi connectivity index (χ2n) is 3.16.